The number of rotatable bonds is 24. The molecule has 0 bridgehead atoms. The van der Waals surface area contributed by atoms with Crippen molar-refractivity contribution in [1.82, 2.24) is 0 Å². The number of aliphatic hydroxyl groups is 3. The Kier molecular flexibility index (Phi) is 26.8. The number of carbonyl (C=O) groups is 6. The van der Waals surface area contributed by atoms with Crippen LogP contribution in [0.3, 0.4) is 0 Å². The monoisotopic (exact) mass is 1240 g/mol. The maximum absolute atomic E-state index is 12.2. The van der Waals surface area contributed by atoms with Crippen molar-refractivity contribution in [3.05, 3.63) is 82.0 Å². The number of fused-ring (bicyclic) bond motifs is 1. The van der Waals surface area contributed by atoms with Crippen molar-refractivity contribution in [3.8, 4) is 23.7 Å². The first kappa shape index (κ1) is 66.6. The van der Waals surface area contributed by atoms with Gasteiger partial charge in [0.25, 0.3) is 0 Å². The normalized spacial score (nSPS) is 27.3. The molecule has 1 aromatic rings. The number of carboxylic acids is 2. The molecule has 0 radical (unpaired) electrons. The van der Waals surface area contributed by atoms with Crippen molar-refractivity contribution in [1.29, 1.82) is 0 Å². The Morgan fingerprint density at radius 3 is 1.91 bits per heavy atom. The second kappa shape index (κ2) is 32.6. The van der Waals surface area contributed by atoms with E-state index in [4.69, 9.17) is 28.9 Å². The van der Waals surface area contributed by atoms with E-state index in [1.165, 1.54) is 50.5 Å². The number of alkyl halides is 1. The Labute approximate surface area is 482 Å². The van der Waals surface area contributed by atoms with Crippen LogP contribution >= 0.6 is 18.3 Å². The van der Waals surface area contributed by atoms with Crippen molar-refractivity contribution in [2.45, 2.75) is 187 Å². The Morgan fingerprint density at radius 2 is 1.35 bits per heavy atom. The van der Waals surface area contributed by atoms with Gasteiger partial charge in [0, 0.05) is 61.7 Å². The molecule has 17 heteroatoms. The van der Waals surface area contributed by atoms with Gasteiger partial charge in [0.15, 0.2) is 6.29 Å². The van der Waals surface area contributed by atoms with Crippen LogP contribution in [0.1, 0.15) is 167 Å². The van der Waals surface area contributed by atoms with Gasteiger partial charge in [-0.15, -0.1) is 11.8 Å². The third-order valence-electron chi connectivity index (χ3n) is 15.4. The van der Waals surface area contributed by atoms with Crippen molar-refractivity contribution < 1.29 is 73.0 Å². The number of unbranched alkanes of at least 4 members (excludes halogenated alkanes) is 4. The number of aliphatic hydroxyl groups excluding tert-OH is 3. The molecule has 4 aliphatic carbocycles. The number of allylic oxidation sites excluding steroid dienone is 3. The van der Waals surface area contributed by atoms with Crippen molar-refractivity contribution >= 4 is 53.9 Å². The average molecular weight is 1240 g/mol. The number of Topliss-reactive ketones (excluding diaryl/α,β-unsaturated/α-hetero) is 1. The standard InChI is InChI=1S/C29H44O5.C23H32O5.C12H13IO6/c1-21(10-9-11-23-15-16-23)27(34-29-14-7-8-19-33-29)18-17-24-22(2)20-26(30)25(24)12-5-3-4-6-13-28(31)32;1-16(7-6-8-17-11-12-17)20(24)14-13-19-18(21(25)15-22(19)26)9-4-2-3-5-10-23(27)28;1-8(14)17-13(3,18-9(2)15)11-7-5-4-6-10(11)12(16)19-13/h6,13,17-18,21-27,29-30H,3-5,7-8,10,12,14-16,19-20H2,1-2H3,(H,31,32);5,10,13-14,16-20,22,24,26H,2-4,7,9,11-12,15H2,1H3,(H,27,28);4-7H,1-3H3/b13-6+,18-17+;10-5+,14-13+;/t21-,22+,24-,25+,26-,27+,29?;16-,18+,19+,20+,22+;/m00./s1. The molecule has 1 saturated heterocycles. The second-order valence-electron chi connectivity index (χ2n) is 22.8. The number of ketones is 1. The number of aliphatic carboxylic acids is 2. The van der Waals surface area contributed by atoms with E-state index in [-0.39, 0.29) is 65.9 Å². The average Bonchev–Trinajstić information content (AvgIpc) is 4.51. The Balaban J connectivity index is 0.000000232. The van der Waals surface area contributed by atoms with Gasteiger partial charge in [0.05, 0.1) is 24.4 Å². The SMILES string of the molecule is CC(=O)OI1(C)(OC(C)=O)OC(=O)c2ccccc21.C[C@@H](CC#CC1CC1)[C@H](O)/C=C/[C@H]1[C@H](O)CC(=O)[C@@H]1CCCC/C=C/C(=O)O.C[C@@H]1C[C@H](O)[C@H](CCCC/C=C/C(=O)O)[C@H]1/C=C/[C@@H](OC1CCCCO1)[C@@H](C)CC#CC1CC1. The molecule has 6 aliphatic rings. The molecule has 7 rings (SSSR count). The van der Waals surface area contributed by atoms with E-state index >= 15 is 0 Å². The van der Waals surface area contributed by atoms with Crippen molar-refractivity contribution in [3.63, 3.8) is 0 Å². The molecule has 0 amide bonds. The van der Waals surface area contributed by atoms with Crippen LogP contribution in [0, 0.1) is 80.5 Å². The first-order chi connectivity index (χ1) is 38.6. The van der Waals surface area contributed by atoms with Crippen LogP contribution in [0.15, 0.2) is 72.9 Å². The number of carboxylic acid groups (broad SMARTS) is 2. The van der Waals surface area contributed by atoms with Gasteiger partial charge in [-0.25, -0.2) is 9.59 Å². The van der Waals surface area contributed by atoms with Crippen LogP contribution in [0.25, 0.3) is 0 Å². The summed E-state index contributed by atoms with van der Waals surface area (Å²) in [5.41, 5.74) is 0.265. The minimum Gasteiger partial charge on any atom is -0.478 e. The fraction of sp³-hybridized carbons (Fsp3) is 0.625. The van der Waals surface area contributed by atoms with Gasteiger partial charge in [-0.2, -0.15) is 0 Å². The van der Waals surface area contributed by atoms with Crippen molar-refractivity contribution in [2.75, 3.05) is 11.5 Å². The third kappa shape index (κ3) is 22.2. The molecule has 12 atom stereocenters. The van der Waals surface area contributed by atoms with Gasteiger partial charge in [-0.05, 0) is 119 Å². The zero-order valence-corrected chi connectivity index (χ0v) is 50.4. The summed E-state index contributed by atoms with van der Waals surface area (Å²) < 4.78 is 28.5. The molecule has 5 N–H and O–H groups in total. The topological polar surface area (TPSA) is 250 Å². The van der Waals surface area contributed by atoms with E-state index in [1.807, 2.05) is 6.92 Å². The molecule has 5 fully saturated rings. The summed E-state index contributed by atoms with van der Waals surface area (Å²) in [5.74, 6) is 11.3. The molecule has 81 heavy (non-hydrogen) atoms. The zero-order chi connectivity index (χ0) is 59.1. The van der Waals surface area contributed by atoms with Crippen LogP contribution in [-0.2, 0) is 42.6 Å². The number of carbonyl (C=O) groups excluding carboxylic acids is 4. The molecule has 448 valence electrons. The molecular formula is C64H89IO16. The smallest absolute Gasteiger partial charge is 0.327 e. The quantitative estimate of drug-likeness (QED) is 0.0161. The largest absolute Gasteiger partial charge is 0.478 e. The molecular weight excluding hydrogens is 1150 g/mol. The predicted octanol–water partition coefficient (Wildman–Crippen LogP) is 10.9. The number of ether oxygens (including phenoxy) is 2. The van der Waals surface area contributed by atoms with E-state index in [2.05, 4.69) is 49.7 Å². The van der Waals surface area contributed by atoms with Gasteiger partial charge >= 0.3 is 124 Å². The van der Waals surface area contributed by atoms with Gasteiger partial charge < -0.3 is 35.0 Å². The minimum absolute atomic E-state index is 0.0104. The molecule has 1 unspecified atom stereocenters. The summed E-state index contributed by atoms with van der Waals surface area (Å²) >= 11 is -5.01. The molecule has 4 saturated carbocycles. The number of hydrogen-bond acceptors (Lipinski definition) is 14. The molecule has 0 spiro atoms. The van der Waals surface area contributed by atoms with Crippen LogP contribution in [0.2, 0.25) is 0 Å². The van der Waals surface area contributed by atoms with Crippen LogP contribution < -0.4 is 0 Å². The van der Waals surface area contributed by atoms with Crippen molar-refractivity contribution in [2.24, 2.45) is 53.3 Å². The second-order valence-corrected chi connectivity index (χ2v) is 31.4. The molecule has 16 nitrogen and oxygen atoms in total. The Hall–Kier alpha value is -5.15. The van der Waals surface area contributed by atoms with Gasteiger partial charge in [-0.3, -0.25) is 4.79 Å². The Morgan fingerprint density at radius 1 is 0.765 bits per heavy atom. The molecule has 0 aromatic heterocycles. The maximum atomic E-state index is 12.2. The van der Waals surface area contributed by atoms with E-state index in [0.29, 0.717) is 46.5 Å². The van der Waals surface area contributed by atoms with Gasteiger partial charge in [0.1, 0.15) is 5.78 Å². The summed E-state index contributed by atoms with van der Waals surface area (Å²) in [6.07, 6.45) is 29.1. The summed E-state index contributed by atoms with van der Waals surface area (Å²) in [4.78, 5) is 69.3. The fourth-order valence-corrected chi connectivity index (χ4v) is 18.4. The summed E-state index contributed by atoms with van der Waals surface area (Å²) in [7, 11) is 0. The summed E-state index contributed by atoms with van der Waals surface area (Å²) in [5, 5.41) is 48.6. The van der Waals surface area contributed by atoms with E-state index < -0.39 is 60.3 Å². The Bertz CT molecular complexity index is 2510. The molecule has 2 heterocycles. The van der Waals surface area contributed by atoms with E-state index in [9.17, 15) is 44.1 Å². The zero-order valence-electron chi connectivity index (χ0n) is 48.3. The maximum Gasteiger partial charge on any atom is 0.327 e. The molecule has 2 aliphatic heterocycles. The predicted molar refractivity (Wildman–Crippen MR) is 315 cm³/mol. The number of halogens is 1. The van der Waals surface area contributed by atoms with Crippen LogP contribution in [0.4, 0.5) is 0 Å². The van der Waals surface area contributed by atoms with E-state index in [0.717, 1.165) is 83.3 Å². The van der Waals surface area contributed by atoms with Crippen LogP contribution in [-0.4, -0.2) is 103 Å². The van der Waals surface area contributed by atoms with Crippen LogP contribution in [0.5, 0.6) is 0 Å². The van der Waals surface area contributed by atoms with Gasteiger partial charge in [-0.1, -0.05) is 81.9 Å². The van der Waals surface area contributed by atoms with E-state index in [1.54, 1.807) is 48.6 Å². The minimum atomic E-state index is -5.01. The first-order valence-corrected chi connectivity index (χ1v) is 35.0. The number of benzene rings is 1. The van der Waals surface area contributed by atoms with Gasteiger partial charge in [0.2, 0.25) is 0 Å². The summed E-state index contributed by atoms with van der Waals surface area (Å²) in [6, 6.07) is 6.45. The summed E-state index contributed by atoms with van der Waals surface area (Å²) in [6.45, 7) is 9.53. The fourth-order valence-electron chi connectivity index (χ4n) is 10.7. The first-order valence-electron chi connectivity index (χ1n) is 29.1. The molecule has 1 aromatic carbocycles. The third-order valence-corrected chi connectivity index (χ3v) is 23.7. The number of hydrogen-bond donors (Lipinski definition) is 5.